The molecule has 0 fully saturated rings. The van der Waals surface area contributed by atoms with Gasteiger partial charge in [0.1, 0.15) is 11.2 Å². The lowest BCUT2D eigenvalue weighted by molar-refractivity contribution is 0.670. The Hall–Kier alpha value is -7.78. The maximum atomic E-state index is 13.9. The van der Waals surface area contributed by atoms with E-state index in [1.807, 2.05) is 103 Å². The van der Waals surface area contributed by atoms with E-state index in [9.17, 15) is 19.2 Å². The highest BCUT2D eigenvalue weighted by Crippen LogP contribution is 2.40. The first-order valence-electron chi connectivity index (χ1n) is 17.8. The van der Waals surface area contributed by atoms with Crippen LogP contribution in [0, 0.1) is 0 Å². The van der Waals surface area contributed by atoms with Crippen LogP contribution in [0.15, 0.2) is 169 Å². The van der Waals surface area contributed by atoms with E-state index in [1.54, 1.807) is 33.3 Å². The normalized spacial score (nSPS) is 12.3. The summed E-state index contributed by atoms with van der Waals surface area (Å²) in [7, 11) is 0. The van der Waals surface area contributed by atoms with Crippen molar-refractivity contribution in [1.29, 1.82) is 0 Å². The Kier molecular flexibility index (Phi) is 5.64. The number of para-hydroxylation sites is 4. The fourth-order valence-electron chi connectivity index (χ4n) is 8.61. The topological polar surface area (TPSA) is 99.1 Å². The SMILES string of the molecule is O=c1c2ccccc2n2c3ccc(-c4cc(-c5ccc6c(c5)c(=O)n5c(=O)c7ccccc7n65)cc(-c5cccc6c5oc5ccccc56)c4)cc3c(=O)n12. The van der Waals surface area contributed by atoms with Gasteiger partial charge in [0.15, 0.2) is 0 Å². The average molecular weight is 713 g/mol. The third-order valence-electron chi connectivity index (χ3n) is 11.1. The van der Waals surface area contributed by atoms with Crippen molar-refractivity contribution in [3.8, 4) is 33.4 Å². The van der Waals surface area contributed by atoms with Crippen molar-refractivity contribution >= 4 is 65.6 Å². The number of rotatable bonds is 3. The van der Waals surface area contributed by atoms with Gasteiger partial charge in [-0.3, -0.25) is 19.2 Å². The van der Waals surface area contributed by atoms with Crippen molar-refractivity contribution in [1.82, 2.24) is 18.1 Å². The molecule has 0 unspecified atom stereocenters. The van der Waals surface area contributed by atoms with Crippen LogP contribution in [0.2, 0.25) is 0 Å². The molecule has 0 spiro atoms. The van der Waals surface area contributed by atoms with Gasteiger partial charge in [-0.05, 0) is 101 Å². The van der Waals surface area contributed by atoms with Crippen LogP contribution >= 0.6 is 0 Å². The van der Waals surface area contributed by atoms with Crippen LogP contribution < -0.4 is 22.2 Å². The molecule has 5 aromatic heterocycles. The van der Waals surface area contributed by atoms with Crippen molar-refractivity contribution in [2.75, 3.05) is 0 Å². The van der Waals surface area contributed by atoms with E-state index in [4.69, 9.17) is 4.42 Å². The third-order valence-corrected chi connectivity index (χ3v) is 11.1. The summed E-state index contributed by atoms with van der Waals surface area (Å²) in [4.78, 5) is 54.4. The quantitative estimate of drug-likeness (QED) is 0.184. The first kappa shape index (κ1) is 29.8. The van der Waals surface area contributed by atoms with Gasteiger partial charge in [0.2, 0.25) is 0 Å². The fourth-order valence-corrected chi connectivity index (χ4v) is 8.61. The summed E-state index contributed by atoms with van der Waals surface area (Å²) >= 11 is 0. The molecule has 258 valence electrons. The largest absolute Gasteiger partial charge is 0.455 e. The van der Waals surface area contributed by atoms with Crippen LogP contribution in [0.1, 0.15) is 0 Å². The Morgan fingerprint density at radius 3 is 1.36 bits per heavy atom. The summed E-state index contributed by atoms with van der Waals surface area (Å²) in [5.74, 6) is 0. The highest BCUT2D eigenvalue weighted by Gasteiger charge is 2.21. The average Bonchev–Trinajstić information content (AvgIpc) is 4.00. The highest BCUT2D eigenvalue weighted by atomic mass is 16.3. The van der Waals surface area contributed by atoms with Gasteiger partial charge in [-0.15, -0.1) is 0 Å². The summed E-state index contributed by atoms with van der Waals surface area (Å²) in [6, 6.07) is 46.0. The van der Waals surface area contributed by atoms with Gasteiger partial charge in [0.05, 0.1) is 43.6 Å². The molecular weight excluding hydrogens is 689 g/mol. The van der Waals surface area contributed by atoms with Gasteiger partial charge in [-0.2, -0.15) is 9.03 Å². The zero-order valence-electron chi connectivity index (χ0n) is 28.7. The van der Waals surface area contributed by atoms with Crippen molar-refractivity contribution in [2.45, 2.75) is 0 Å². The molecule has 0 bridgehead atoms. The van der Waals surface area contributed by atoms with Crippen molar-refractivity contribution in [2.24, 2.45) is 0 Å². The molecule has 0 aliphatic carbocycles. The van der Waals surface area contributed by atoms with E-state index in [0.29, 0.717) is 43.6 Å². The first-order valence-corrected chi connectivity index (χ1v) is 17.8. The molecule has 12 rings (SSSR count). The lowest BCUT2D eigenvalue weighted by Gasteiger charge is -2.12. The van der Waals surface area contributed by atoms with Crippen LogP contribution in [0.5, 0.6) is 0 Å². The Labute approximate surface area is 307 Å². The number of aromatic nitrogens is 4. The van der Waals surface area contributed by atoms with E-state index < -0.39 is 0 Å². The predicted octanol–water partition coefficient (Wildman–Crippen LogP) is 8.22. The lowest BCUT2D eigenvalue weighted by Crippen LogP contribution is -2.21. The molecular formula is C46H24N4O5. The van der Waals surface area contributed by atoms with Gasteiger partial charge in [-0.25, -0.2) is 9.03 Å². The molecule has 0 aliphatic heterocycles. The van der Waals surface area contributed by atoms with Crippen LogP contribution in [-0.2, 0) is 0 Å². The second-order valence-corrected chi connectivity index (χ2v) is 14.0. The van der Waals surface area contributed by atoms with Gasteiger partial charge in [0, 0.05) is 16.3 Å². The van der Waals surface area contributed by atoms with E-state index in [2.05, 4.69) is 18.2 Å². The zero-order chi connectivity index (χ0) is 36.7. The molecule has 5 heterocycles. The number of fused-ring (bicyclic) bond motifs is 13. The van der Waals surface area contributed by atoms with E-state index >= 15 is 0 Å². The molecule has 0 saturated carbocycles. The van der Waals surface area contributed by atoms with E-state index in [1.165, 1.54) is 9.03 Å². The molecule has 0 radical (unpaired) electrons. The minimum Gasteiger partial charge on any atom is -0.455 e. The van der Waals surface area contributed by atoms with Crippen LogP contribution in [-0.4, -0.2) is 18.1 Å². The smallest absolute Gasteiger partial charge is 0.282 e. The van der Waals surface area contributed by atoms with Crippen molar-refractivity contribution < 1.29 is 4.42 Å². The Balaban J connectivity index is 1.12. The first-order chi connectivity index (χ1) is 26.9. The standard InChI is InChI=1S/C46H24N4O5/c51-43-33-9-1-4-13-37(33)47-39-18-16-25(23-35(39)45(53)49(43)47)27-20-28(22-29(21-27)30-11-7-12-32-31-8-3-6-15-41(31)55-42(30)32)26-17-19-40-36(24-26)46(54)50-44(52)34-10-2-5-14-38(34)48(40)50/h1-24H. The summed E-state index contributed by atoms with van der Waals surface area (Å²) in [6.07, 6.45) is 0. The molecule has 0 amide bonds. The predicted molar refractivity (Wildman–Crippen MR) is 216 cm³/mol. The van der Waals surface area contributed by atoms with Gasteiger partial charge in [-0.1, -0.05) is 72.8 Å². The highest BCUT2D eigenvalue weighted by molar-refractivity contribution is 6.10. The van der Waals surface area contributed by atoms with E-state index in [-0.39, 0.29) is 22.2 Å². The van der Waals surface area contributed by atoms with E-state index in [0.717, 1.165) is 55.3 Å². The number of benzene rings is 7. The summed E-state index contributed by atoms with van der Waals surface area (Å²) in [6.45, 7) is 0. The number of hydrogen-bond donors (Lipinski definition) is 0. The molecule has 12 aromatic rings. The molecule has 0 N–H and O–H groups in total. The minimum absolute atomic E-state index is 0.352. The molecule has 0 aliphatic rings. The maximum Gasteiger partial charge on any atom is 0.282 e. The van der Waals surface area contributed by atoms with Crippen LogP contribution in [0.25, 0.3) is 98.9 Å². The second-order valence-electron chi connectivity index (χ2n) is 14.0. The number of furan rings is 1. The molecule has 0 atom stereocenters. The summed E-state index contributed by atoms with van der Waals surface area (Å²) in [5.41, 5.74) is 7.64. The molecule has 9 heteroatoms. The molecule has 0 saturated heterocycles. The molecule has 55 heavy (non-hydrogen) atoms. The van der Waals surface area contributed by atoms with Crippen LogP contribution in [0.3, 0.4) is 0 Å². The Morgan fingerprint density at radius 1 is 0.327 bits per heavy atom. The van der Waals surface area contributed by atoms with Crippen LogP contribution in [0.4, 0.5) is 0 Å². The summed E-state index contributed by atoms with van der Waals surface area (Å²) in [5, 5.41) is 3.83. The minimum atomic E-state index is -0.384. The molecule has 7 aromatic carbocycles. The van der Waals surface area contributed by atoms with Gasteiger partial charge < -0.3 is 4.42 Å². The maximum absolute atomic E-state index is 13.9. The van der Waals surface area contributed by atoms with Crippen molar-refractivity contribution in [3.05, 3.63) is 187 Å². The number of hydrogen-bond acceptors (Lipinski definition) is 5. The molecule has 9 nitrogen and oxygen atoms in total. The lowest BCUT2D eigenvalue weighted by atomic mass is 9.92. The zero-order valence-corrected chi connectivity index (χ0v) is 28.7. The fraction of sp³-hybridized carbons (Fsp3) is 0. The summed E-state index contributed by atoms with van der Waals surface area (Å²) < 4.78 is 12.3. The monoisotopic (exact) mass is 712 g/mol. The number of nitrogens with zero attached hydrogens (tertiary/aromatic N) is 4. The van der Waals surface area contributed by atoms with Gasteiger partial charge >= 0.3 is 0 Å². The second kappa shape index (κ2) is 10.4. The van der Waals surface area contributed by atoms with Gasteiger partial charge in [0.25, 0.3) is 22.2 Å². The van der Waals surface area contributed by atoms with Crippen molar-refractivity contribution in [3.63, 3.8) is 0 Å². The Morgan fingerprint density at radius 2 is 0.782 bits per heavy atom. The Bertz CT molecular complexity index is 3690. The third kappa shape index (κ3) is 3.85.